The Morgan fingerprint density at radius 1 is 1.13 bits per heavy atom. The van der Waals surface area contributed by atoms with Crippen molar-refractivity contribution < 1.29 is 27.9 Å². The summed E-state index contributed by atoms with van der Waals surface area (Å²) in [6, 6.07) is 4.52. The molecule has 2 unspecified atom stereocenters. The van der Waals surface area contributed by atoms with Gasteiger partial charge in [-0.3, -0.25) is 4.79 Å². The van der Waals surface area contributed by atoms with Gasteiger partial charge in [-0.05, 0) is 43.2 Å². The van der Waals surface area contributed by atoms with Crippen molar-refractivity contribution in [2.24, 2.45) is 11.3 Å². The highest BCUT2D eigenvalue weighted by molar-refractivity contribution is 5.83. The Kier molecular flexibility index (Phi) is 8.57. The third-order valence-electron chi connectivity index (χ3n) is 8.74. The number of carbonyl (C=O) groups excluding carboxylic acids is 1. The zero-order valence-corrected chi connectivity index (χ0v) is 21.8. The molecule has 1 amide bonds. The highest BCUT2D eigenvalue weighted by atomic mass is 19.3. The molecule has 1 saturated carbocycles. The highest BCUT2D eigenvalue weighted by Gasteiger charge is 2.50. The van der Waals surface area contributed by atoms with E-state index in [1.54, 1.807) is 12.1 Å². The molecule has 5 rings (SSSR count). The maximum atomic E-state index is 13.9. The highest BCUT2D eigenvalue weighted by Crippen LogP contribution is 2.47. The van der Waals surface area contributed by atoms with Crippen LogP contribution in [0.2, 0.25) is 0 Å². The van der Waals surface area contributed by atoms with Crippen molar-refractivity contribution in [1.82, 2.24) is 20.8 Å². The maximum absolute atomic E-state index is 13.9. The number of nitrogens with one attached hydrogen (secondary N) is 2. The second-order valence-corrected chi connectivity index (χ2v) is 11.0. The van der Waals surface area contributed by atoms with Gasteiger partial charge in [0.2, 0.25) is 11.7 Å². The predicted molar refractivity (Wildman–Crippen MR) is 137 cm³/mol. The number of amides is 1. The van der Waals surface area contributed by atoms with Crippen LogP contribution in [0.25, 0.3) is 11.4 Å². The van der Waals surface area contributed by atoms with Gasteiger partial charge in [0.15, 0.2) is 0 Å². The number of halogens is 2. The fourth-order valence-corrected chi connectivity index (χ4v) is 6.71. The lowest BCUT2D eigenvalue weighted by Gasteiger charge is -2.49. The van der Waals surface area contributed by atoms with Crippen LogP contribution in [0.3, 0.4) is 0 Å². The van der Waals surface area contributed by atoms with Crippen molar-refractivity contribution in [3.63, 3.8) is 0 Å². The number of rotatable bonds is 5. The molecule has 0 radical (unpaired) electrons. The Labute approximate surface area is 221 Å². The zero-order valence-electron chi connectivity index (χ0n) is 21.8. The van der Waals surface area contributed by atoms with Crippen LogP contribution in [0.15, 0.2) is 22.7 Å². The van der Waals surface area contributed by atoms with E-state index in [2.05, 4.69) is 25.3 Å². The van der Waals surface area contributed by atoms with Gasteiger partial charge in [-0.15, -0.1) is 0 Å². The second-order valence-electron chi connectivity index (χ2n) is 11.0. The molecule has 1 aromatic carbocycles. The van der Waals surface area contributed by atoms with Crippen LogP contribution >= 0.6 is 0 Å². The van der Waals surface area contributed by atoms with E-state index in [-0.39, 0.29) is 48.4 Å². The summed E-state index contributed by atoms with van der Waals surface area (Å²) < 4.78 is 36.2. The van der Waals surface area contributed by atoms with Gasteiger partial charge in [-0.2, -0.15) is 13.8 Å². The lowest BCUT2D eigenvalue weighted by molar-refractivity contribution is -0.132. The first-order valence-electron chi connectivity index (χ1n) is 14.1. The summed E-state index contributed by atoms with van der Waals surface area (Å²) in [5.41, 5.74) is 1.06. The van der Waals surface area contributed by atoms with Crippen molar-refractivity contribution in [2.45, 2.75) is 89.1 Å². The topological polar surface area (TPSA) is 110 Å². The molecule has 3 heterocycles. The number of aromatic nitrogens is 2. The molecule has 1 aromatic heterocycles. The lowest BCUT2D eigenvalue weighted by atomic mass is 9.61. The average molecular weight is 533 g/mol. The van der Waals surface area contributed by atoms with Gasteiger partial charge in [-0.25, -0.2) is 0 Å². The molecule has 2 aliphatic heterocycles. The number of ether oxygens (including phenoxy) is 1. The summed E-state index contributed by atoms with van der Waals surface area (Å²) in [6.45, 7) is 1.09. The molecule has 2 aromatic rings. The first-order chi connectivity index (χ1) is 18.5. The third-order valence-corrected chi connectivity index (χ3v) is 8.74. The smallest absolute Gasteiger partial charge is 0.315 e. The molecular formula is C28H38F2N4O4. The summed E-state index contributed by atoms with van der Waals surface area (Å²) in [4.78, 5) is 17.6. The van der Waals surface area contributed by atoms with E-state index in [0.717, 1.165) is 37.7 Å². The Morgan fingerprint density at radius 2 is 1.84 bits per heavy atom. The fourth-order valence-electron chi connectivity index (χ4n) is 6.71. The number of fused-ring (bicyclic) bond motifs is 1. The number of aliphatic hydroxyl groups is 1. The lowest BCUT2D eigenvalue weighted by Crippen LogP contribution is -2.62. The van der Waals surface area contributed by atoms with Gasteiger partial charge in [0.25, 0.3) is 5.89 Å². The Bertz CT molecular complexity index is 1080. The number of piperidine rings is 1. The molecule has 8 nitrogen and oxygen atoms in total. The monoisotopic (exact) mass is 532 g/mol. The molecule has 1 spiro atoms. The van der Waals surface area contributed by atoms with E-state index in [9.17, 15) is 18.7 Å². The largest absolute Gasteiger partial charge is 0.491 e. The van der Waals surface area contributed by atoms with Crippen molar-refractivity contribution in [3.8, 4) is 17.1 Å². The number of nitrogens with zero attached hydrogens (tertiary/aromatic N) is 2. The number of benzene rings is 1. The van der Waals surface area contributed by atoms with Gasteiger partial charge in [-0.1, -0.05) is 68.7 Å². The summed E-state index contributed by atoms with van der Waals surface area (Å²) in [7, 11) is 0. The van der Waals surface area contributed by atoms with Crippen LogP contribution in [-0.2, 0) is 4.79 Å². The minimum atomic E-state index is -2.83. The normalized spacial score (nSPS) is 25.9. The Balaban J connectivity index is 1.33. The molecule has 1 aliphatic carbocycles. The van der Waals surface area contributed by atoms with Crippen LogP contribution in [0.5, 0.6) is 5.75 Å². The van der Waals surface area contributed by atoms with Gasteiger partial charge in [0.05, 0.1) is 12.1 Å². The first-order valence-corrected chi connectivity index (χ1v) is 14.1. The van der Waals surface area contributed by atoms with E-state index in [0.29, 0.717) is 17.9 Å². The Hall–Kier alpha value is -2.59. The van der Waals surface area contributed by atoms with Crippen LogP contribution in [0.1, 0.15) is 94.6 Å². The summed E-state index contributed by atoms with van der Waals surface area (Å²) >= 11 is 0. The van der Waals surface area contributed by atoms with Crippen LogP contribution < -0.4 is 15.4 Å². The molecular weight excluding hydrogens is 494 g/mol. The van der Waals surface area contributed by atoms with Crippen molar-refractivity contribution in [1.29, 1.82) is 0 Å². The molecule has 1 saturated heterocycles. The van der Waals surface area contributed by atoms with Crippen LogP contribution in [-0.4, -0.2) is 47.0 Å². The van der Waals surface area contributed by atoms with E-state index in [1.165, 1.54) is 38.5 Å². The van der Waals surface area contributed by atoms with Crippen molar-refractivity contribution in [3.05, 3.63) is 29.7 Å². The van der Waals surface area contributed by atoms with E-state index in [1.807, 2.05) is 6.07 Å². The number of alkyl halides is 2. The number of hydrogen-bond donors (Lipinski definition) is 3. The average Bonchev–Trinajstić information content (AvgIpc) is 3.56. The summed E-state index contributed by atoms with van der Waals surface area (Å²) in [6.07, 6.45) is 9.42. The number of aliphatic hydroxyl groups excluding tert-OH is 1. The number of hydrogen-bond acceptors (Lipinski definition) is 7. The van der Waals surface area contributed by atoms with E-state index in [4.69, 9.17) is 4.74 Å². The van der Waals surface area contributed by atoms with Crippen LogP contribution in [0.4, 0.5) is 8.78 Å². The maximum Gasteiger partial charge on any atom is 0.315 e. The fraction of sp³-hybridized carbons (Fsp3) is 0.679. The summed E-state index contributed by atoms with van der Waals surface area (Å²) in [5, 5.41) is 20.8. The predicted octanol–water partition coefficient (Wildman–Crippen LogP) is 5.10. The molecule has 2 fully saturated rings. The molecule has 3 N–H and O–H groups in total. The minimum Gasteiger partial charge on any atom is -0.491 e. The zero-order chi connectivity index (χ0) is 26.5. The van der Waals surface area contributed by atoms with Gasteiger partial charge in [0.1, 0.15) is 12.4 Å². The molecule has 3 aliphatic rings. The first kappa shape index (κ1) is 27.0. The molecule has 10 heteroatoms. The van der Waals surface area contributed by atoms with Crippen molar-refractivity contribution >= 4 is 5.91 Å². The second kappa shape index (κ2) is 12.1. The Morgan fingerprint density at radius 3 is 2.50 bits per heavy atom. The van der Waals surface area contributed by atoms with E-state index >= 15 is 0 Å². The van der Waals surface area contributed by atoms with Crippen molar-refractivity contribution in [2.75, 3.05) is 19.8 Å². The summed E-state index contributed by atoms with van der Waals surface area (Å²) in [5.74, 6) is -0.0517. The van der Waals surface area contributed by atoms with Crippen LogP contribution in [0, 0.1) is 11.3 Å². The standard InChI is InChI=1S/C28H38F2N4O4/c29-24(30)27-33-25(34-38-27)18-9-10-20-21(17-37-22(20)15-18)32-26(36)23-28(19(16-35)11-14-31-23)12-7-5-3-1-2-4-6-8-13-28/h9-10,15,19,21,23-24,31,35H,1-8,11-14,16-17H2,(H,32,36)/t19?,21-,23?/m1/s1. The van der Waals surface area contributed by atoms with Gasteiger partial charge in [0, 0.05) is 17.7 Å². The van der Waals surface area contributed by atoms with Gasteiger partial charge >= 0.3 is 6.43 Å². The quantitative estimate of drug-likeness (QED) is 0.492. The number of carbonyl (C=O) groups is 1. The SMILES string of the molecule is O=C(N[C@@H]1COc2cc(-c3noc(C(F)F)n3)ccc21)C1NCCC(CO)C12CCCCCCCCCC2. The molecule has 0 bridgehead atoms. The minimum absolute atomic E-state index is 0.0525. The molecule has 3 atom stereocenters. The molecule has 208 valence electrons. The molecule has 38 heavy (non-hydrogen) atoms. The van der Waals surface area contributed by atoms with Gasteiger partial charge < -0.3 is 25.0 Å². The third kappa shape index (κ3) is 5.57. The van der Waals surface area contributed by atoms with E-state index < -0.39 is 12.3 Å².